The van der Waals surface area contributed by atoms with Gasteiger partial charge in [0.25, 0.3) is 0 Å². The molecule has 1 unspecified atom stereocenters. The van der Waals surface area contributed by atoms with Crippen LogP contribution in [0.4, 0.5) is 0 Å². The first-order valence-corrected chi connectivity index (χ1v) is 5.35. The molecule has 2 atom stereocenters. The largest absolute Gasteiger partial charge is 0.481 e. The predicted molar refractivity (Wildman–Crippen MR) is 55.5 cm³/mol. The summed E-state index contributed by atoms with van der Waals surface area (Å²) in [5, 5.41) is 14.4. The molecule has 0 spiro atoms. The molecule has 0 radical (unpaired) electrons. The van der Waals surface area contributed by atoms with E-state index < -0.39 is 5.97 Å². The Bertz CT molecular complexity index is 237. The fourth-order valence-corrected chi connectivity index (χ4v) is 1.66. The quantitative estimate of drug-likeness (QED) is 0.607. The maximum atomic E-state index is 11.6. The molecular weight excluding hydrogens is 196 g/mol. The van der Waals surface area contributed by atoms with Gasteiger partial charge in [0, 0.05) is 12.5 Å². The van der Waals surface area contributed by atoms with Crippen molar-refractivity contribution in [3.05, 3.63) is 0 Å². The number of carbonyl (C=O) groups excluding carboxylic acids is 1. The lowest BCUT2D eigenvalue weighted by Gasteiger charge is -2.16. The van der Waals surface area contributed by atoms with Gasteiger partial charge in [-0.05, 0) is 32.7 Å². The normalized spacial score (nSPS) is 22.3. The Morgan fingerprint density at radius 2 is 2.33 bits per heavy atom. The number of hydrogen-bond acceptors (Lipinski definition) is 3. The van der Waals surface area contributed by atoms with E-state index in [-0.39, 0.29) is 24.4 Å². The van der Waals surface area contributed by atoms with Gasteiger partial charge in [-0.25, -0.2) is 0 Å². The highest BCUT2D eigenvalue weighted by molar-refractivity contribution is 5.82. The van der Waals surface area contributed by atoms with Crippen LogP contribution in [0.3, 0.4) is 0 Å². The average molecular weight is 214 g/mol. The van der Waals surface area contributed by atoms with Gasteiger partial charge < -0.3 is 15.7 Å². The van der Waals surface area contributed by atoms with Gasteiger partial charge >= 0.3 is 5.97 Å². The number of nitrogens with one attached hydrogen (secondary N) is 2. The van der Waals surface area contributed by atoms with Crippen LogP contribution in [0.1, 0.15) is 32.6 Å². The molecule has 1 aliphatic rings. The number of amides is 1. The molecule has 0 aliphatic carbocycles. The lowest BCUT2D eigenvalue weighted by molar-refractivity contribution is -0.137. The Hall–Kier alpha value is -1.10. The van der Waals surface area contributed by atoms with E-state index in [0.29, 0.717) is 6.42 Å². The number of carboxylic acid groups (broad SMARTS) is 1. The van der Waals surface area contributed by atoms with E-state index in [4.69, 9.17) is 5.11 Å². The minimum atomic E-state index is -0.824. The van der Waals surface area contributed by atoms with Crippen LogP contribution < -0.4 is 10.6 Å². The van der Waals surface area contributed by atoms with Gasteiger partial charge in [0.1, 0.15) is 0 Å². The van der Waals surface area contributed by atoms with Gasteiger partial charge in [0.2, 0.25) is 5.91 Å². The monoisotopic (exact) mass is 214 g/mol. The summed E-state index contributed by atoms with van der Waals surface area (Å²) in [5.74, 6) is -0.833. The molecule has 0 bridgehead atoms. The molecule has 0 aromatic carbocycles. The van der Waals surface area contributed by atoms with Crippen molar-refractivity contribution in [3.8, 4) is 0 Å². The number of carbonyl (C=O) groups is 2. The first-order chi connectivity index (χ1) is 7.09. The smallest absolute Gasteiger partial charge is 0.303 e. The zero-order valence-corrected chi connectivity index (χ0v) is 8.95. The molecular formula is C10H18N2O3. The molecule has 1 rings (SSSR count). The molecule has 3 N–H and O–H groups in total. The summed E-state index contributed by atoms with van der Waals surface area (Å²) in [5.41, 5.74) is 0. The van der Waals surface area contributed by atoms with E-state index in [1.54, 1.807) is 0 Å². The third kappa shape index (κ3) is 4.29. The summed E-state index contributed by atoms with van der Waals surface area (Å²) in [7, 11) is 0. The van der Waals surface area contributed by atoms with Crippen molar-refractivity contribution >= 4 is 11.9 Å². The second-order valence-electron chi connectivity index (χ2n) is 3.99. The standard InChI is InChI=1S/C10H18N2O3/c1-7(4-5-9(13)14)12-10(15)8-3-2-6-11-8/h7-8,11H,2-6H2,1H3,(H,12,15)(H,13,14)/t7?,8-/m1/s1. The van der Waals surface area contributed by atoms with Crippen molar-refractivity contribution in [1.29, 1.82) is 0 Å². The summed E-state index contributed by atoms with van der Waals surface area (Å²) in [6.45, 7) is 2.72. The molecule has 5 nitrogen and oxygen atoms in total. The fraction of sp³-hybridized carbons (Fsp3) is 0.800. The summed E-state index contributed by atoms with van der Waals surface area (Å²) in [6.07, 6.45) is 2.48. The van der Waals surface area contributed by atoms with Crippen molar-refractivity contribution in [1.82, 2.24) is 10.6 Å². The Labute approximate surface area is 89.2 Å². The first-order valence-electron chi connectivity index (χ1n) is 5.35. The third-order valence-corrected chi connectivity index (χ3v) is 2.56. The third-order valence-electron chi connectivity index (χ3n) is 2.56. The molecule has 0 aromatic heterocycles. The Balaban J connectivity index is 2.21. The number of hydrogen-bond donors (Lipinski definition) is 3. The Morgan fingerprint density at radius 3 is 2.87 bits per heavy atom. The van der Waals surface area contributed by atoms with Crippen molar-refractivity contribution < 1.29 is 14.7 Å². The minimum Gasteiger partial charge on any atom is -0.481 e. The Kier molecular flexibility index (Phi) is 4.55. The van der Waals surface area contributed by atoms with E-state index in [9.17, 15) is 9.59 Å². The van der Waals surface area contributed by atoms with E-state index >= 15 is 0 Å². The van der Waals surface area contributed by atoms with Crippen molar-refractivity contribution in [2.45, 2.75) is 44.7 Å². The fourth-order valence-electron chi connectivity index (χ4n) is 1.66. The highest BCUT2D eigenvalue weighted by Crippen LogP contribution is 2.05. The zero-order chi connectivity index (χ0) is 11.3. The maximum absolute atomic E-state index is 11.6. The molecule has 1 heterocycles. The molecule has 0 saturated carbocycles. The summed E-state index contributed by atoms with van der Waals surface area (Å²) < 4.78 is 0. The van der Waals surface area contributed by atoms with Gasteiger partial charge in [-0.15, -0.1) is 0 Å². The number of aliphatic carboxylic acids is 1. The zero-order valence-electron chi connectivity index (χ0n) is 8.95. The van der Waals surface area contributed by atoms with Crippen LogP contribution in [0.25, 0.3) is 0 Å². The van der Waals surface area contributed by atoms with Crippen molar-refractivity contribution in [3.63, 3.8) is 0 Å². The highest BCUT2D eigenvalue weighted by Gasteiger charge is 2.22. The van der Waals surface area contributed by atoms with E-state index in [1.165, 1.54) is 0 Å². The molecule has 86 valence electrons. The lowest BCUT2D eigenvalue weighted by Crippen LogP contribution is -2.44. The van der Waals surface area contributed by atoms with Gasteiger partial charge in [0.05, 0.1) is 6.04 Å². The van der Waals surface area contributed by atoms with E-state index in [2.05, 4.69) is 10.6 Å². The molecule has 15 heavy (non-hydrogen) atoms. The summed E-state index contributed by atoms with van der Waals surface area (Å²) in [4.78, 5) is 21.9. The van der Waals surface area contributed by atoms with Gasteiger partial charge in [-0.3, -0.25) is 9.59 Å². The highest BCUT2D eigenvalue weighted by atomic mass is 16.4. The van der Waals surface area contributed by atoms with Crippen LogP contribution in [-0.2, 0) is 9.59 Å². The van der Waals surface area contributed by atoms with Crippen LogP contribution in [0, 0.1) is 0 Å². The van der Waals surface area contributed by atoms with Crippen LogP contribution in [-0.4, -0.2) is 35.6 Å². The molecule has 1 fully saturated rings. The second kappa shape index (κ2) is 5.70. The molecule has 1 aliphatic heterocycles. The molecule has 1 amide bonds. The number of carboxylic acids is 1. The van der Waals surface area contributed by atoms with E-state index in [1.807, 2.05) is 6.92 Å². The van der Waals surface area contributed by atoms with Crippen LogP contribution in [0.5, 0.6) is 0 Å². The van der Waals surface area contributed by atoms with Gasteiger partial charge in [-0.2, -0.15) is 0 Å². The van der Waals surface area contributed by atoms with Crippen molar-refractivity contribution in [2.24, 2.45) is 0 Å². The van der Waals surface area contributed by atoms with E-state index in [0.717, 1.165) is 19.4 Å². The Morgan fingerprint density at radius 1 is 1.60 bits per heavy atom. The van der Waals surface area contributed by atoms with Crippen LogP contribution in [0.2, 0.25) is 0 Å². The molecule has 5 heteroatoms. The molecule has 0 aromatic rings. The molecule has 1 saturated heterocycles. The topological polar surface area (TPSA) is 78.4 Å². The summed E-state index contributed by atoms with van der Waals surface area (Å²) >= 11 is 0. The van der Waals surface area contributed by atoms with Crippen LogP contribution >= 0.6 is 0 Å². The second-order valence-corrected chi connectivity index (χ2v) is 3.99. The minimum absolute atomic E-state index is 0.00890. The lowest BCUT2D eigenvalue weighted by atomic mass is 10.1. The predicted octanol–water partition coefficient (Wildman–Crippen LogP) is 0.108. The van der Waals surface area contributed by atoms with Crippen LogP contribution in [0.15, 0.2) is 0 Å². The summed E-state index contributed by atoms with van der Waals surface area (Å²) in [6, 6.07) is -0.159. The SMILES string of the molecule is CC(CCC(=O)O)NC(=O)[C@H]1CCCN1. The first kappa shape index (κ1) is 12.0. The van der Waals surface area contributed by atoms with Gasteiger partial charge in [0.15, 0.2) is 0 Å². The number of rotatable bonds is 5. The van der Waals surface area contributed by atoms with Crippen molar-refractivity contribution in [2.75, 3.05) is 6.54 Å². The average Bonchev–Trinajstić information content (AvgIpc) is 2.67. The van der Waals surface area contributed by atoms with Gasteiger partial charge in [-0.1, -0.05) is 0 Å². The maximum Gasteiger partial charge on any atom is 0.303 e.